The third kappa shape index (κ3) is 3.19. The second-order valence-corrected chi connectivity index (χ2v) is 6.46. The van der Waals surface area contributed by atoms with Gasteiger partial charge in [0.1, 0.15) is 17.1 Å². The number of benzene rings is 3. The molecule has 0 atom stereocenters. The molecule has 0 unspecified atom stereocenters. The van der Waals surface area contributed by atoms with Crippen LogP contribution in [0.3, 0.4) is 0 Å². The highest BCUT2D eigenvalue weighted by molar-refractivity contribution is 6.32. The maximum atomic E-state index is 12.8. The highest BCUT2D eigenvalue weighted by atomic mass is 35.5. The lowest BCUT2D eigenvalue weighted by Crippen LogP contribution is -2.30. The smallest absolute Gasteiger partial charge is 0.426 e. The van der Waals surface area contributed by atoms with Gasteiger partial charge in [-0.3, -0.25) is 4.79 Å². The van der Waals surface area contributed by atoms with Crippen molar-refractivity contribution in [3.63, 3.8) is 0 Å². The van der Waals surface area contributed by atoms with Crippen molar-refractivity contribution in [1.29, 1.82) is 0 Å². The van der Waals surface area contributed by atoms with Gasteiger partial charge in [0.2, 0.25) is 0 Å². The normalized spacial score (nSPS) is 10.9. The quantitative estimate of drug-likeness (QED) is 0.513. The second-order valence-electron chi connectivity index (χ2n) is 6.05. The minimum Gasteiger partial charge on any atom is -0.456 e. The maximum absolute atomic E-state index is 12.8. The first kappa shape index (κ1) is 17.7. The molecule has 7 nitrogen and oxygen atoms in total. The van der Waals surface area contributed by atoms with Crippen molar-refractivity contribution in [1.82, 2.24) is 4.57 Å². The Morgan fingerprint density at radius 1 is 0.893 bits per heavy atom. The van der Waals surface area contributed by atoms with Crippen LogP contribution in [0.4, 0.5) is 11.4 Å². The molecule has 4 rings (SSSR count). The summed E-state index contributed by atoms with van der Waals surface area (Å²) in [6.45, 7) is 0. The summed E-state index contributed by atoms with van der Waals surface area (Å²) < 4.78 is 12.0. The van der Waals surface area contributed by atoms with Crippen LogP contribution in [0.2, 0.25) is 5.02 Å². The molecule has 0 spiro atoms. The Balaban J connectivity index is 1.79. The van der Waals surface area contributed by atoms with Crippen molar-refractivity contribution in [3.8, 4) is 17.2 Å². The summed E-state index contributed by atoms with van der Waals surface area (Å²) in [5.41, 5.74) is 12.3. The Bertz CT molecular complexity index is 1310. The van der Waals surface area contributed by atoms with Crippen LogP contribution in [0.25, 0.3) is 16.7 Å². The molecule has 1 heterocycles. The molecule has 1 aromatic heterocycles. The molecule has 0 saturated heterocycles. The highest BCUT2D eigenvalue weighted by Crippen LogP contribution is 2.31. The fourth-order valence-electron chi connectivity index (χ4n) is 2.74. The first-order chi connectivity index (χ1) is 13.4. The molecule has 0 saturated carbocycles. The summed E-state index contributed by atoms with van der Waals surface area (Å²) in [6, 6.07) is 15.7. The number of anilines is 2. The predicted octanol–water partition coefficient (Wildman–Crippen LogP) is 3.55. The first-order valence-corrected chi connectivity index (χ1v) is 8.59. The van der Waals surface area contributed by atoms with Crippen molar-refractivity contribution < 1.29 is 9.15 Å². The molecule has 3 aromatic carbocycles. The Morgan fingerprint density at radius 2 is 1.61 bits per heavy atom. The number of nitrogens with two attached hydrogens (primary N) is 2. The number of rotatable bonds is 3. The summed E-state index contributed by atoms with van der Waals surface area (Å²) in [5.74, 6) is -0.0790. The molecular weight excluding hydrogens is 382 g/mol. The first-order valence-electron chi connectivity index (χ1n) is 8.21. The number of halogens is 1. The fourth-order valence-corrected chi connectivity index (χ4v) is 2.97. The van der Waals surface area contributed by atoms with Gasteiger partial charge < -0.3 is 20.6 Å². The average Bonchev–Trinajstić information content (AvgIpc) is 2.65. The Kier molecular flexibility index (Phi) is 4.29. The Labute approximate surface area is 163 Å². The molecule has 0 radical (unpaired) electrons. The fraction of sp³-hybridized carbons (Fsp3) is 0. The lowest BCUT2D eigenvalue weighted by molar-refractivity contribution is 0.475. The van der Waals surface area contributed by atoms with Gasteiger partial charge in [0, 0.05) is 17.4 Å². The standard InChI is InChI=1S/C20H14ClN3O4/c21-16-9-12(23)3-8-17(16)27-14-6-7-15-18(10-14)28-20(26)24(19(15)25)13-4-1-11(22)2-5-13/h1-10H,22-23H2. The third-order valence-electron chi connectivity index (χ3n) is 4.10. The molecule has 28 heavy (non-hydrogen) atoms. The molecule has 4 aromatic rings. The molecule has 0 bridgehead atoms. The molecule has 0 aliphatic carbocycles. The summed E-state index contributed by atoms with van der Waals surface area (Å²) in [5, 5.41) is 0.562. The van der Waals surface area contributed by atoms with Gasteiger partial charge in [-0.2, -0.15) is 0 Å². The van der Waals surface area contributed by atoms with Crippen LogP contribution in [0.1, 0.15) is 0 Å². The molecule has 0 fully saturated rings. The van der Waals surface area contributed by atoms with E-state index in [-0.39, 0.29) is 11.0 Å². The monoisotopic (exact) mass is 395 g/mol. The number of fused-ring (bicyclic) bond motifs is 1. The van der Waals surface area contributed by atoms with E-state index in [0.29, 0.717) is 33.6 Å². The molecule has 4 N–H and O–H groups in total. The van der Waals surface area contributed by atoms with E-state index in [1.807, 2.05) is 0 Å². The van der Waals surface area contributed by atoms with Gasteiger partial charge in [-0.1, -0.05) is 11.6 Å². The van der Waals surface area contributed by atoms with E-state index >= 15 is 0 Å². The zero-order chi connectivity index (χ0) is 19.8. The molecule has 8 heteroatoms. The summed E-state index contributed by atoms with van der Waals surface area (Å²) in [7, 11) is 0. The highest BCUT2D eigenvalue weighted by Gasteiger charge is 2.13. The largest absolute Gasteiger partial charge is 0.456 e. The number of ether oxygens (including phenoxy) is 1. The molecule has 0 aliphatic rings. The van der Waals surface area contributed by atoms with Gasteiger partial charge in [-0.25, -0.2) is 9.36 Å². The maximum Gasteiger partial charge on any atom is 0.426 e. The zero-order valence-corrected chi connectivity index (χ0v) is 15.1. The third-order valence-corrected chi connectivity index (χ3v) is 4.40. The van der Waals surface area contributed by atoms with Gasteiger partial charge in [-0.05, 0) is 54.6 Å². The van der Waals surface area contributed by atoms with Crippen LogP contribution in [-0.2, 0) is 0 Å². The molecule has 0 aliphatic heterocycles. The van der Waals surface area contributed by atoms with Crippen LogP contribution in [0.5, 0.6) is 11.5 Å². The summed E-state index contributed by atoms with van der Waals surface area (Å²) in [4.78, 5) is 25.2. The van der Waals surface area contributed by atoms with Crippen LogP contribution in [0, 0.1) is 0 Å². The van der Waals surface area contributed by atoms with Gasteiger partial charge >= 0.3 is 5.76 Å². The van der Waals surface area contributed by atoms with E-state index in [4.69, 9.17) is 32.2 Å². The molecule has 140 valence electrons. The lowest BCUT2D eigenvalue weighted by atomic mass is 10.2. The summed E-state index contributed by atoms with van der Waals surface area (Å²) in [6.07, 6.45) is 0. The van der Waals surface area contributed by atoms with Gasteiger partial charge in [0.15, 0.2) is 0 Å². The molecule has 0 amide bonds. The van der Waals surface area contributed by atoms with Crippen molar-refractivity contribution in [2.45, 2.75) is 0 Å². The number of nitrogen functional groups attached to an aromatic ring is 2. The minimum atomic E-state index is -0.815. The van der Waals surface area contributed by atoms with Crippen LogP contribution in [0.15, 0.2) is 74.7 Å². The number of hydrogen-bond donors (Lipinski definition) is 2. The Morgan fingerprint density at radius 3 is 2.32 bits per heavy atom. The number of aromatic nitrogens is 1. The van der Waals surface area contributed by atoms with E-state index in [2.05, 4.69) is 0 Å². The van der Waals surface area contributed by atoms with E-state index in [9.17, 15) is 9.59 Å². The molecular formula is C20H14ClN3O4. The zero-order valence-electron chi connectivity index (χ0n) is 14.4. The van der Waals surface area contributed by atoms with E-state index < -0.39 is 11.3 Å². The van der Waals surface area contributed by atoms with Crippen molar-refractivity contribution in [2.24, 2.45) is 0 Å². The predicted molar refractivity (Wildman–Crippen MR) is 108 cm³/mol. The average molecular weight is 396 g/mol. The van der Waals surface area contributed by atoms with Crippen molar-refractivity contribution in [3.05, 3.63) is 86.6 Å². The van der Waals surface area contributed by atoms with Gasteiger partial charge in [0.25, 0.3) is 5.56 Å². The van der Waals surface area contributed by atoms with Crippen LogP contribution < -0.4 is 27.5 Å². The van der Waals surface area contributed by atoms with Crippen molar-refractivity contribution in [2.75, 3.05) is 11.5 Å². The topological polar surface area (TPSA) is 113 Å². The van der Waals surface area contributed by atoms with E-state index in [1.54, 1.807) is 48.5 Å². The number of hydrogen-bond acceptors (Lipinski definition) is 6. The Hall–Kier alpha value is -3.71. The number of nitrogens with zero attached hydrogens (tertiary/aromatic N) is 1. The van der Waals surface area contributed by atoms with E-state index in [1.165, 1.54) is 12.1 Å². The van der Waals surface area contributed by atoms with Gasteiger partial charge in [0.05, 0.1) is 16.1 Å². The van der Waals surface area contributed by atoms with E-state index in [0.717, 1.165) is 4.57 Å². The van der Waals surface area contributed by atoms with Crippen LogP contribution >= 0.6 is 11.6 Å². The summed E-state index contributed by atoms with van der Waals surface area (Å²) >= 11 is 6.11. The second kappa shape index (κ2) is 6.79. The SMILES string of the molecule is Nc1ccc(-n2c(=O)oc3cc(Oc4ccc(N)cc4Cl)ccc3c2=O)cc1. The lowest BCUT2D eigenvalue weighted by Gasteiger charge is -2.09. The van der Waals surface area contributed by atoms with Gasteiger partial charge in [-0.15, -0.1) is 0 Å². The van der Waals surface area contributed by atoms with Crippen molar-refractivity contribution >= 4 is 33.9 Å². The minimum absolute atomic E-state index is 0.103. The van der Waals surface area contributed by atoms with Crippen LogP contribution in [-0.4, -0.2) is 4.57 Å².